The third-order valence-corrected chi connectivity index (χ3v) is 5.18. The third kappa shape index (κ3) is 2.53. The Morgan fingerprint density at radius 2 is 1.90 bits per heavy atom. The summed E-state index contributed by atoms with van der Waals surface area (Å²) in [6, 6.07) is 16.9. The second-order valence-corrected chi connectivity index (χ2v) is 6.60. The van der Waals surface area contributed by atoms with E-state index in [2.05, 4.69) is 59.6 Å². The average Bonchev–Trinajstić information content (AvgIpc) is 3.39. The van der Waals surface area contributed by atoms with E-state index in [1.54, 1.807) is 0 Å². The second kappa shape index (κ2) is 5.34. The molecule has 1 aliphatic heterocycles. The number of fused-ring (bicyclic) bond motifs is 1. The molecule has 2 aromatic rings. The van der Waals surface area contributed by atoms with E-state index in [1.807, 2.05) is 0 Å². The van der Waals surface area contributed by atoms with E-state index in [1.165, 1.54) is 42.3 Å². The molecule has 110 valence electrons. The van der Waals surface area contributed by atoms with E-state index in [-0.39, 0.29) is 0 Å². The highest BCUT2D eigenvalue weighted by atomic mass is 15.2. The van der Waals surface area contributed by atoms with Crippen molar-refractivity contribution in [1.29, 1.82) is 0 Å². The van der Waals surface area contributed by atoms with Crippen molar-refractivity contribution in [3.63, 3.8) is 0 Å². The molecule has 1 saturated carbocycles. The van der Waals surface area contributed by atoms with Gasteiger partial charge in [-0.3, -0.25) is 0 Å². The molecule has 2 aliphatic rings. The van der Waals surface area contributed by atoms with Crippen LogP contribution in [0.25, 0.3) is 10.8 Å². The van der Waals surface area contributed by atoms with Crippen molar-refractivity contribution in [2.75, 3.05) is 18.0 Å². The summed E-state index contributed by atoms with van der Waals surface area (Å²) in [7, 11) is 0. The Labute approximate surface area is 127 Å². The van der Waals surface area contributed by atoms with Crippen LogP contribution < -0.4 is 10.2 Å². The Morgan fingerprint density at radius 3 is 2.67 bits per heavy atom. The maximum atomic E-state index is 3.78. The fourth-order valence-electron chi connectivity index (χ4n) is 3.67. The number of nitrogens with zero attached hydrogens (tertiary/aromatic N) is 1. The summed E-state index contributed by atoms with van der Waals surface area (Å²) in [5.74, 6) is 0.922. The van der Waals surface area contributed by atoms with Gasteiger partial charge in [-0.2, -0.15) is 0 Å². The van der Waals surface area contributed by atoms with E-state index in [0.717, 1.165) is 12.5 Å². The molecule has 0 aromatic heterocycles. The fourth-order valence-corrected chi connectivity index (χ4v) is 3.67. The fraction of sp³-hybridized carbons (Fsp3) is 0.474. The summed E-state index contributed by atoms with van der Waals surface area (Å²) in [5, 5.41) is 6.47. The molecule has 1 aliphatic carbocycles. The van der Waals surface area contributed by atoms with Gasteiger partial charge in [-0.1, -0.05) is 37.3 Å². The first-order valence-corrected chi connectivity index (χ1v) is 8.34. The molecule has 4 rings (SSSR count). The van der Waals surface area contributed by atoms with Gasteiger partial charge in [0.2, 0.25) is 0 Å². The molecule has 2 unspecified atom stereocenters. The van der Waals surface area contributed by atoms with Crippen molar-refractivity contribution in [3.05, 3.63) is 42.5 Å². The molecule has 1 heterocycles. The Morgan fingerprint density at radius 1 is 1.10 bits per heavy atom. The van der Waals surface area contributed by atoms with E-state index in [9.17, 15) is 0 Å². The van der Waals surface area contributed by atoms with Crippen molar-refractivity contribution >= 4 is 16.5 Å². The molecule has 0 spiro atoms. The normalized spacial score (nSPS) is 26.2. The molecular formula is C19H24N2. The highest BCUT2D eigenvalue weighted by Crippen LogP contribution is 2.36. The molecular weight excluding hydrogens is 256 g/mol. The largest absolute Gasteiger partial charge is 0.366 e. The van der Waals surface area contributed by atoms with Crippen molar-refractivity contribution in [3.8, 4) is 0 Å². The monoisotopic (exact) mass is 280 g/mol. The molecule has 2 heteroatoms. The molecule has 2 atom stereocenters. The zero-order chi connectivity index (χ0) is 14.2. The number of hydrogen-bond donors (Lipinski definition) is 1. The lowest BCUT2D eigenvalue weighted by molar-refractivity contribution is 0.360. The van der Waals surface area contributed by atoms with Gasteiger partial charge in [-0.15, -0.1) is 0 Å². The number of rotatable bonds is 3. The SMILES string of the molecule is CCC1CNC(C2CC2)CN1c1ccc2ccccc2c1. The van der Waals surface area contributed by atoms with Gasteiger partial charge in [-0.05, 0) is 48.1 Å². The van der Waals surface area contributed by atoms with Crippen molar-refractivity contribution in [2.45, 2.75) is 38.3 Å². The highest BCUT2D eigenvalue weighted by Gasteiger charge is 2.36. The summed E-state index contributed by atoms with van der Waals surface area (Å²) in [4.78, 5) is 2.64. The van der Waals surface area contributed by atoms with Crippen LogP contribution in [0.5, 0.6) is 0 Å². The van der Waals surface area contributed by atoms with E-state index in [4.69, 9.17) is 0 Å². The first-order valence-electron chi connectivity index (χ1n) is 8.34. The molecule has 2 fully saturated rings. The van der Waals surface area contributed by atoms with Crippen LogP contribution >= 0.6 is 0 Å². The van der Waals surface area contributed by atoms with E-state index in [0.29, 0.717) is 12.1 Å². The van der Waals surface area contributed by atoms with Gasteiger partial charge >= 0.3 is 0 Å². The standard InChI is InChI=1S/C19H24N2/c1-2-17-12-20-19(15-7-8-15)13-21(17)18-10-9-14-5-3-4-6-16(14)11-18/h3-6,9-11,15,17,19-20H,2,7-8,12-13H2,1H3. The van der Waals surface area contributed by atoms with Crippen LogP contribution in [0.2, 0.25) is 0 Å². The van der Waals surface area contributed by atoms with Gasteiger partial charge in [0.05, 0.1) is 0 Å². The van der Waals surface area contributed by atoms with Gasteiger partial charge in [0, 0.05) is 30.9 Å². The molecule has 1 N–H and O–H groups in total. The molecule has 0 amide bonds. The molecule has 21 heavy (non-hydrogen) atoms. The smallest absolute Gasteiger partial charge is 0.0412 e. The van der Waals surface area contributed by atoms with Crippen molar-refractivity contribution < 1.29 is 0 Å². The third-order valence-electron chi connectivity index (χ3n) is 5.18. The van der Waals surface area contributed by atoms with E-state index < -0.39 is 0 Å². The topological polar surface area (TPSA) is 15.3 Å². The van der Waals surface area contributed by atoms with Gasteiger partial charge < -0.3 is 10.2 Å². The summed E-state index contributed by atoms with van der Waals surface area (Å²) in [6.07, 6.45) is 4.04. The lowest BCUT2D eigenvalue weighted by Crippen LogP contribution is -2.57. The molecule has 0 bridgehead atoms. The number of hydrogen-bond acceptors (Lipinski definition) is 2. The molecule has 2 aromatic carbocycles. The maximum absolute atomic E-state index is 3.78. The quantitative estimate of drug-likeness (QED) is 0.920. The first-order chi connectivity index (χ1) is 10.3. The minimum atomic E-state index is 0.626. The van der Waals surface area contributed by atoms with Crippen LogP contribution in [0.4, 0.5) is 5.69 Å². The Kier molecular flexibility index (Phi) is 3.34. The average molecular weight is 280 g/mol. The summed E-state index contributed by atoms with van der Waals surface area (Å²) in [6.45, 7) is 4.60. The zero-order valence-electron chi connectivity index (χ0n) is 12.8. The van der Waals surface area contributed by atoms with Crippen LogP contribution in [0.1, 0.15) is 26.2 Å². The lowest BCUT2D eigenvalue weighted by Gasteiger charge is -2.42. The highest BCUT2D eigenvalue weighted by molar-refractivity contribution is 5.85. The first kappa shape index (κ1) is 13.1. The number of nitrogens with one attached hydrogen (secondary N) is 1. The van der Waals surface area contributed by atoms with Crippen molar-refractivity contribution in [1.82, 2.24) is 5.32 Å². The second-order valence-electron chi connectivity index (χ2n) is 6.60. The lowest BCUT2D eigenvalue weighted by atomic mass is 10.0. The minimum Gasteiger partial charge on any atom is -0.366 e. The Bertz CT molecular complexity index is 632. The maximum Gasteiger partial charge on any atom is 0.0412 e. The van der Waals surface area contributed by atoms with Crippen molar-refractivity contribution in [2.24, 2.45) is 5.92 Å². The van der Waals surface area contributed by atoms with E-state index >= 15 is 0 Å². The Hall–Kier alpha value is -1.54. The molecule has 0 radical (unpaired) electrons. The van der Waals surface area contributed by atoms with Crippen LogP contribution in [0.3, 0.4) is 0 Å². The zero-order valence-corrected chi connectivity index (χ0v) is 12.8. The Balaban J connectivity index is 1.66. The van der Waals surface area contributed by atoms with Gasteiger partial charge in [0.15, 0.2) is 0 Å². The van der Waals surface area contributed by atoms with Gasteiger partial charge in [0.25, 0.3) is 0 Å². The summed E-state index contributed by atoms with van der Waals surface area (Å²) >= 11 is 0. The van der Waals surface area contributed by atoms with Crippen LogP contribution in [-0.2, 0) is 0 Å². The minimum absolute atomic E-state index is 0.626. The van der Waals surface area contributed by atoms with Crippen LogP contribution in [0, 0.1) is 5.92 Å². The summed E-state index contributed by atoms with van der Waals surface area (Å²) < 4.78 is 0. The van der Waals surface area contributed by atoms with Gasteiger partial charge in [-0.25, -0.2) is 0 Å². The number of benzene rings is 2. The van der Waals surface area contributed by atoms with Crippen LogP contribution in [-0.4, -0.2) is 25.2 Å². The molecule has 1 saturated heterocycles. The number of anilines is 1. The van der Waals surface area contributed by atoms with Crippen LogP contribution in [0.15, 0.2) is 42.5 Å². The summed E-state index contributed by atoms with van der Waals surface area (Å²) in [5.41, 5.74) is 1.40. The number of piperazine rings is 1. The van der Waals surface area contributed by atoms with Gasteiger partial charge in [0.1, 0.15) is 0 Å². The predicted octanol–water partition coefficient (Wildman–Crippen LogP) is 3.81. The molecule has 2 nitrogen and oxygen atoms in total. The predicted molar refractivity (Wildman–Crippen MR) is 89.9 cm³/mol.